The van der Waals surface area contributed by atoms with E-state index in [4.69, 9.17) is 10.5 Å². The summed E-state index contributed by atoms with van der Waals surface area (Å²) in [5.74, 6) is 0.687. The second kappa shape index (κ2) is 6.80. The number of anilines is 1. The summed E-state index contributed by atoms with van der Waals surface area (Å²) in [5, 5.41) is 0. The summed E-state index contributed by atoms with van der Waals surface area (Å²) in [6, 6.07) is 5.46. The van der Waals surface area contributed by atoms with E-state index >= 15 is 0 Å². The van der Waals surface area contributed by atoms with Crippen LogP contribution in [0.1, 0.15) is 30.6 Å². The Hall–Kier alpha value is -1.75. The zero-order valence-electron chi connectivity index (χ0n) is 13.1. The number of nitrogens with zero attached hydrogens (tertiary/aromatic N) is 2. The molecule has 0 radical (unpaired) electrons. The fourth-order valence-corrected chi connectivity index (χ4v) is 2.84. The van der Waals surface area contributed by atoms with Crippen molar-refractivity contribution in [2.24, 2.45) is 0 Å². The summed E-state index contributed by atoms with van der Waals surface area (Å²) in [6.45, 7) is 7.26. The van der Waals surface area contributed by atoms with Gasteiger partial charge in [-0.25, -0.2) is 0 Å². The molecular weight excluding hydrogens is 266 g/mol. The van der Waals surface area contributed by atoms with Gasteiger partial charge in [0.15, 0.2) is 0 Å². The first-order valence-corrected chi connectivity index (χ1v) is 7.54. The maximum Gasteiger partial charge on any atom is 0.254 e. The van der Waals surface area contributed by atoms with Crippen LogP contribution in [0, 0.1) is 0 Å². The van der Waals surface area contributed by atoms with Crippen LogP contribution in [0.4, 0.5) is 5.69 Å². The maximum absolute atomic E-state index is 12.8. The standard InChI is InChI=1S/C16H25N3O2/c1-4-21-15-9-13(8-14(17)10-15)16(20)19-7-5-6-18(3)11-12(19)2/h8-10,12H,4-7,11,17H2,1-3H3. The predicted molar refractivity (Wildman–Crippen MR) is 84.6 cm³/mol. The molecule has 5 nitrogen and oxygen atoms in total. The van der Waals surface area contributed by atoms with Crippen molar-refractivity contribution in [3.05, 3.63) is 23.8 Å². The molecule has 116 valence electrons. The number of carbonyl (C=O) groups is 1. The van der Waals surface area contributed by atoms with Crippen LogP contribution in [0.25, 0.3) is 0 Å². The van der Waals surface area contributed by atoms with Crippen LogP contribution in [0.5, 0.6) is 5.75 Å². The molecule has 5 heteroatoms. The first-order chi connectivity index (χ1) is 10.0. The number of nitrogen functional groups attached to an aromatic ring is 1. The summed E-state index contributed by atoms with van der Waals surface area (Å²) in [5.41, 5.74) is 7.05. The van der Waals surface area contributed by atoms with Crippen molar-refractivity contribution in [2.75, 3.05) is 39.0 Å². The minimum atomic E-state index is 0.0334. The second-order valence-electron chi connectivity index (χ2n) is 5.69. The van der Waals surface area contributed by atoms with Crippen LogP contribution < -0.4 is 10.5 Å². The van der Waals surface area contributed by atoms with Gasteiger partial charge in [0.1, 0.15) is 5.75 Å². The highest BCUT2D eigenvalue weighted by Gasteiger charge is 2.25. The van der Waals surface area contributed by atoms with Crippen molar-refractivity contribution in [1.29, 1.82) is 0 Å². The highest BCUT2D eigenvalue weighted by molar-refractivity contribution is 5.95. The van der Waals surface area contributed by atoms with Crippen LogP contribution in [-0.2, 0) is 0 Å². The Bertz CT molecular complexity index is 504. The molecule has 1 fully saturated rings. The van der Waals surface area contributed by atoms with E-state index in [2.05, 4.69) is 18.9 Å². The molecule has 0 aliphatic carbocycles. The molecule has 1 unspecified atom stereocenters. The molecule has 1 aliphatic rings. The van der Waals surface area contributed by atoms with E-state index in [1.54, 1.807) is 18.2 Å². The third-order valence-electron chi connectivity index (χ3n) is 3.79. The molecule has 1 aliphatic heterocycles. The quantitative estimate of drug-likeness (QED) is 0.863. The molecule has 21 heavy (non-hydrogen) atoms. The number of benzene rings is 1. The Labute approximate surface area is 126 Å². The van der Waals surface area contributed by atoms with Crippen molar-refractivity contribution >= 4 is 11.6 Å². The molecule has 1 heterocycles. The van der Waals surface area contributed by atoms with E-state index in [0.29, 0.717) is 23.6 Å². The Balaban J connectivity index is 2.22. The zero-order chi connectivity index (χ0) is 15.4. The van der Waals surface area contributed by atoms with Gasteiger partial charge in [-0.15, -0.1) is 0 Å². The van der Waals surface area contributed by atoms with Gasteiger partial charge in [0.2, 0.25) is 0 Å². The first kappa shape index (κ1) is 15.6. The summed E-state index contributed by atoms with van der Waals surface area (Å²) < 4.78 is 5.47. The smallest absolute Gasteiger partial charge is 0.254 e. The Morgan fingerprint density at radius 2 is 2.14 bits per heavy atom. The molecule has 0 bridgehead atoms. The molecule has 1 saturated heterocycles. The highest BCUT2D eigenvalue weighted by Crippen LogP contribution is 2.22. The van der Waals surface area contributed by atoms with E-state index in [-0.39, 0.29) is 11.9 Å². The highest BCUT2D eigenvalue weighted by atomic mass is 16.5. The molecule has 0 spiro atoms. The van der Waals surface area contributed by atoms with E-state index in [0.717, 1.165) is 26.1 Å². The van der Waals surface area contributed by atoms with Gasteiger partial charge in [-0.1, -0.05) is 0 Å². The predicted octanol–water partition coefficient (Wildman–Crippen LogP) is 1.83. The van der Waals surface area contributed by atoms with E-state index in [9.17, 15) is 4.79 Å². The van der Waals surface area contributed by atoms with Gasteiger partial charge >= 0.3 is 0 Å². The monoisotopic (exact) mass is 291 g/mol. The lowest BCUT2D eigenvalue weighted by molar-refractivity contribution is 0.0696. The van der Waals surface area contributed by atoms with E-state index < -0.39 is 0 Å². The largest absolute Gasteiger partial charge is 0.494 e. The molecule has 1 aromatic carbocycles. The number of hydrogen-bond acceptors (Lipinski definition) is 4. The van der Waals surface area contributed by atoms with Crippen LogP contribution in [0.2, 0.25) is 0 Å². The lowest BCUT2D eigenvalue weighted by atomic mass is 10.1. The molecule has 2 rings (SSSR count). The number of hydrogen-bond donors (Lipinski definition) is 1. The molecule has 1 aromatic rings. The number of rotatable bonds is 3. The molecule has 2 N–H and O–H groups in total. The normalized spacial score (nSPS) is 20.1. The second-order valence-corrected chi connectivity index (χ2v) is 5.69. The Kier molecular flexibility index (Phi) is 5.07. The van der Waals surface area contributed by atoms with Crippen LogP contribution in [0.3, 0.4) is 0 Å². The van der Waals surface area contributed by atoms with Crippen molar-refractivity contribution in [3.8, 4) is 5.75 Å². The number of amides is 1. The van der Waals surface area contributed by atoms with Crippen molar-refractivity contribution in [1.82, 2.24) is 9.80 Å². The molecule has 1 atom stereocenters. The molecule has 0 aromatic heterocycles. The van der Waals surface area contributed by atoms with Gasteiger partial charge in [0.05, 0.1) is 6.61 Å². The summed E-state index contributed by atoms with van der Waals surface area (Å²) in [7, 11) is 2.10. The summed E-state index contributed by atoms with van der Waals surface area (Å²) in [4.78, 5) is 17.0. The SMILES string of the molecule is CCOc1cc(N)cc(C(=O)N2CCCN(C)CC2C)c1. The number of carbonyl (C=O) groups excluding carboxylic acids is 1. The van der Waals surface area contributed by atoms with Gasteiger partial charge in [0, 0.05) is 36.4 Å². The van der Waals surface area contributed by atoms with Gasteiger partial charge in [0.25, 0.3) is 5.91 Å². The van der Waals surface area contributed by atoms with Gasteiger partial charge in [-0.2, -0.15) is 0 Å². The topological polar surface area (TPSA) is 58.8 Å². The Morgan fingerprint density at radius 3 is 2.86 bits per heavy atom. The molecule has 1 amide bonds. The van der Waals surface area contributed by atoms with Gasteiger partial charge in [-0.05, 0) is 46.0 Å². The fraction of sp³-hybridized carbons (Fsp3) is 0.562. The lowest BCUT2D eigenvalue weighted by Gasteiger charge is -2.28. The average Bonchev–Trinajstić information content (AvgIpc) is 2.58. The third kappa shape index (κ3) is 3.88. The number of nitrogens with two attached hydrogens (primary N) is 1. The minimum Gasteiger partial charge on any atom is -0.494 e. The van der Waals surface area contributed by atoms with Crippen molar-refractivity contribution in [2.45, 2.75) is 26.3 Å². The number of ether oxygens (including phenoxy) is 1. The third-order valence-corrected chi connectivity index (χ3v) is 3.79. The van der Waals surface area contributed by atoms with E-state index in [1.165, 1.54) is 0 Å². The van der Waals surface area contributed by atoms with Crippen LogP contribution in [0.15, 0.2) is 18.2 Å². The minimum absolute atomic E-state index is 0.0334. The average molecular weight is 291 g/mol. The summed E-state index contributed by atoms with van der Waals surface area (Å²) >= 11 is 0. The number of likely N-dealkylation sites (N-methyl/N-ethyl adjacent to an activating group) is 1. The molecular formula is C16H25N3O2. The van der Waals surface area contributed by atoms with Crippen LogP contribution >= 0.6 is 0 Å². The van der Waals surface area contributed by atoms with Crippen LogP contribution in [-0.4, -0.2) is 55.0 Å². The molecule has 0 saturated carbocycles. The summed E-state index contributed by atoms with van der Waals surface area (Å²) in [6.07, 6.45) is 0.993. The van der Waals surface area contributed by atoms with E-state index in [1.807, 2.05) is 11.8 Å². The van der Waals surface area contributed by atoms with Crippen molar-refractivity contribution in [3.63, 3.8) is 0 Å². The van der Waals surface area contributed by atoms with Crippen molar-refractivity contribution < 1.29 is 9.53 Å². The van der Waals surface area contributed by atoms with Gasteiger partial charge < -0.3 is 20.3 Å². The maximum atomic E-state index is 12.8. The first-order valence-electron chi connectivity index (χ1n) is 7.54. The Morgan fingerprint density at radius 1 is 1.38 bits per heavy atom. The van der Waals surface area contributed by atoms with Gasteiger partial charge in [-0.3, -0.25) is 4.79 Å². The fourth-order valence-electron chi connectivity index (χ4n) is 2.84. The lowest BCUT2D eigenvalue weighted by Crippen LogP contribution is -2.42. The zero-order valence-corrected chi connectivity index (χ0v) is 13.1.